The summed E-state index contributed by atoms with van der Waals surface area (Å²) in [5.41, 5.74) is 1.23. The monoisotopic (exact) mass is 479 g/mol. The van der Waals surface area contributed by atoms with Crippen molar-refractivity contribution in [2.75, 3.05) is 13.6 Å². The van der Waals surface area contributed by atoms with Crippen molar-refractivity contribution in [3.8, 4) is 5.75 Å². The van der Waals surface area contributed by atoms with Gasteiger partial charge in [-0.05, 0) is 25.0 Å². The summed E-state index contributed by atoms with van der Waals surface area (Å²) in [5.74, 6) is 1.25. The van der Waals surface area contributed by atoms with Crippen LogP contribution in [0.5, 0.6) is 5.75 Å². The summed E-state index contributed by atoms with van der Waals surface area (Å²) >= 11 is 6.32. The molecule has 0 unspecified atom stereocenters. The second-order valence-corrected chi connectivity index (χ2v) is 8.38. The number of hydrogen-bond donors (Lipinski definition) is 2. The molecule has 10 nitrogen and oxygen atoms in total. The first-order valence-corrected chi connectivity index (χ1v) is 11.2. The maximum atomic E-state index is 12.9. The van der Waals surface area contributed by atoms with Crippen LogP contribution in [0.15, 0.2) is 52.4 Å². The Morgan fingerprint density at radius 1 is 1.32 bits per heavy atom. The van der Waals surface area contributed by atoms with Crippen molar-refractivity contribution in [2.24, 2.45) is 5.10 Å². The average molecular weight is 480 g/mol. The van der Waals surface area contributed by atoms with Gasteiger partial charge in [0.2, 0.25) is 5.78 Å². The van der Waals surface area contributed by atoms with Gasteiger partial charge in [-0.25, -0.2) is 0 Å². The molecule has 0 atom stereocenters. The predicted octanol–water partition coefficient (Wildman–Crippen LogP) is 2.76. The number of allylic oxidation sites excluding steroid dienone is 4. The van der Waals surface area contributed by atoms with Crippen LogP contribution in [-0.4, -0.2) is 49.9 Å². The van der Waals surface area contributed by atoms with Gasteiger partial charge in [0.05, 0.1) is 10.7 Å². The van der Waals surface area contributed by atoms with Crippen molar-refractivity contribution in [2.45, 2.75) is 25.9 Å². The number of aromatic amines is 1. The molecule has 3 heterocycles. The highest BCUT2D eigenvalue weighted by Crippen LogP contribution is 2.27. The molecule has 0 fully saturated rings. The Hall–Kier alpha value is -3.92. The number of fused-ring (bicyclic) bond motifs is 1. The van der Waals surface area contributed by atoms with E-state index in [0.29, 0.717) is 29.6 Å². The van der Waals surface area contributed by atoms with E-state index in [-0.39, 0.29) is 28.5 Å². The Bertz CT molecular complexity index is 1420. The molecule has 3 aromatic rings. The van der Waals surface area contributed by atoms with Gasteiger partial charge in [0.25, 0.3) is 11.5 Å². The first-order valence-electron chi connectivity index (χ1n) is 10.9. The molecule has 1 aliphatic heterocycles. The zero-order valence-electron chi connectivity index (χ0n) is 18.4. The molecule has 0 saturated carbocycles. The zero-order valence-corrected chi connectivity index (χ0v) is 19.2. The molecule has 11 heteroatoms. The highest BCUT2D eigenvalue weighted by molar-refractivity contribution is 6.34. The van der Waals surface area contributed by atoms with Gasteiger partial charge in [0, 0.05) is 31.7 Å². The Labute approximate surface area is 199 Å². The second kappa shape index (κ2) is 9.14. The number of nitrogens with one attached hydrogen (secondary N) is 2. The van der Waals surface area contributed by atoms with Gasteiger partial charge in [0.1, 0.15) is 23.8 Å². The summed E-state index contributed by atoms with van der Waals surface area (Å²) < 4.78 is 7.11. The molecular formula is C23H22ClN7O3. The largest absolute Gasteiger partial charge is 0.486 e. The lowest BCUT2D eigenvalue weighted by atomic mass is 10.1. The molecular weight excluding hydrogens is 458 g/mol. The number of hydrogen-bond acceptors (Lipinski definition) is 7. The first kappa shape index (κ1) is 21.9. The molecule has 174 valence electrons. The van der Waals surface area contributed by atoms with Gasteiger partial charge in [-0.2, -0.15) is 14.6 Å². The number of hydrazone groups is 1. The van der Waals surface area contributed by atoms with Crippen molar-refractivity contribution in [1.29, 1.82) is 0 Å². The molecule has 2 N–H and O–H groups in total. The van der Waals surface area contributed by atoms with E-state index in [4.69, 9.17) is 16.3 Å². The topological polar surface area (TPSA) is 117 Å². The molecule has 1 aromatic carbocycles. The minimum atomic E-state index is -0.408. The van der Waals surface area contributed by atoms with E-state index in [1.165, 1.54) is 10.6 Å². The number of benzene rings is 1. The smallest absolute Gasteiger partial charge is 0.276 e. The van der Waals surface area contributed by atoms with Crippen LogP contribution in [0.3, 0.4) is 0 Å². The van der Waals surface area contributed by atoms with Crippen molar-refractivity contribution >= 4 is 34.7 Å². The number of carbonyl (C=O) groups excluding carboxylic acids is 1. The van der Waals surface area contributed by atoms with Crippen LogP contribution in [0.25, 0.3) is 11.4 Å². The number of nitrogens with zero attached hydrogens (tertiary/aromatic N) is 5. The molecule has 0 radical (unpaired) electrons. The van der Waals surface area contributed by atoms with E-state index >= 15 is 0 Å². The Morgan fingerprint density at radius 2 is 2.21 bits per heavy atom. The lowest BCUT2D eigenvalue weighted by molar-refractivity contribution is 0.0972. The highest BCUT2D eigenvalue weighted by atomic mass is 35.5. The fourth-order valence-electron chi connectivity index (χ4n) is 3.77. The standard InChI is InChI=1S/C23H22ClN7O3/c1-30-11-10-18(28-30)26-22(33)20-16(24)8-5-9-17(20)34-13-15-12-19(32)31-23(25-15)27-21(29-31)14-6-3-2-4-7-14/h3,5-9,12H,2,4,10-11,13H2,1H3,(H,25,27,29)(H,26,28,33). The van der Waals surface area contributed by atoms with Crippen LogP contribution in [0.1, 0.15) is 41.1 Å². The summed E-state index contributed by atoms with van der Waals surface area (Å²) in [5, 5.41) is 13.4. The SMILES string of the molecule is CN1CCC(NC(=O)c2c(Cl)cccc2OCc2cc(=O)n3nc(C4=CCCC=C4)nc3[nH]2)=N1. The summed E-state index contributed by atoms with van der Waals surface area (Å²) in [6.07, 6.45) is 8.58. The van der Waals surface area contributed by atoms with Crippen molar-refractivity contribution in [3.05, 3.63) is 75.0 Å². The van der Waals surface area contributed by atoms with Crippen molar-refractivity contribution < 1.29 is 9.53 Å². The molecule has 34 heavy (non-hydrogen) atoms. The van der Waals surface area contributed by atoms with E-state index in [0.717, 1.165) is 25.0 Å². The third-order valence-corrected chi connectivity index (χ3v) is 5.76. The van der Waals surface area contributed by atoms with Gasteiger partial charge in [-0.1, -0.05) is 35.9 Å². The summed E-state index contributed by atoms with van der Waals surface area (Å²) in [4.78, 5) is 33.0. The number of H-pyrrole nitrogens is 1. The maximum absolute atomic E-state index is 12.9. The molecule has 1 amide bonds. The van der Waals surface area contributed by atoms with Crippen LogP contribution in [0.2, 0.25) is 5.02 Å². The second-order valence-electron chi connectivity index (χ2n) is 7.98. The molecule has 2 aromatic heterocycles. The van der Waals surface area contributed by atoms with Crippen LogP contribution in [-0.2, 0) is 6.61 Å². The van der Waals surface area contributed by atoms with E-state index in [2.05, 4.69) is 31.6 Å². The van der Waals surface area contributed by atoms with Crippen LogP contribution >= 0.6 is 11.6 Å². The molecule has 2 aliphatic rings. The lowest BCUT2D eigenvalue weighted by Gasteiger charge is -2.13. The van der Waals surface area contributed by atoms with Gasteiger partial charge in [-0.3, -0.25) is 14.6 Å². The summed E-state index contributed by atoms with van der Waals surface area (Å²) in [6.45, 7) is 0.732. The Kier molecular flexibility index (Phi) is 5.89. The first-order chi connectivity index (χ1) is 16.5. The normalized spacial score (nSPS) is 15.4. The maximum Gasteiger partial charge on any atom is 0.276 e. The molecule has 1 aliphatic carbocycles. The van der Waals surface area contributed by atoms with Crippen LogP contribution in [0.4, 0.5) is 0 Å². The van der Waals surface area contributed by atoms with Crippen LogP contribution < -0.4 is 15.6 Å². The van der Waals surface area contributed by atoms with E-state index in [9.17, 15) is 9.59 Å². The fraction of sp³-hybridized carbons (Fsp3) is 0.261. The van der Waals surface area contributed by atoms with E-state index < -0.39 is 5.91 Å². The van der Waals surface area contributed by atoms with E-state index in [1.54, 1.807) is 23.2 Å². The number of ether oxygens (including phenoxy) is 1. The quantitative estimate of drug-likeness (QED) is 0.581. The van der Waals surface area contributed by atoms with Gasteiger partial charge in [0.15, 0.2) is 5.82 Å². The number of amides is 1. The minimum absolute atomic E-state index is 0.000832. The third kappa shape index (κ3) is 4.44. The van der Waals surface area contributed by atoms with Crippen LogP contribution in [0, 0.1) is 0 Å². The van der Waals surface area contributed by atoms with Gasteiger partial charge in [-0.15, -0.1) is 5.10 Å². The fourth-order valence-corrected chi connectivity index (χ4v) is 4.02. The minimum Gasteiger partial charge on any atom is -0.486 e. The van der Waals surface area contributed by atoms with Crippen molar-refractivity contribution in [3.63, 3.8) is 0 Å². The van der Waals surface area contributed by atoms with Gasteiger partial charge < -0.3 is 15.0 Å². The lowest BCUT2D eigenvalue weighted by Crippen LogP contribution is -2.30. The van der Waals surface area contributed by atoms with Crippen molar-refractivity contribution in [1.82, 2.24) is 29.9 Å². The number of carbonyl (C=O) groups is 1. The highest BCUT2D eigenvalue weighted by Gasteiger charge is 2.21. The number of aromatic nitrogens is 4. The summed E-state index contributed by atoms with van der Waals surface area (Å²) in [6, 6.07) is 6.35. The number of amidine groups is 1. The molecule has 0 bridgehead atoms. The average Bonchev–Trinajstić information content (AvgIpc) is 3.44. The predicted molar refractivity (Wildman–Crippen MR) is 128 cm³/mol. The van der Waals surface area contributed by atoms with Gasteiger partial charge >= 0.3 is 0 Å². The third-order valence-electron chi connectivity index (χ3n) is 5.45. The Balaban J connectivity index is 1.37. The molecule has 0 saturated heterocycles. The Morgan fingerprint density at radius 3 is 2.97 bits per heavy atom. The zero-order chi connectivity index (χ0) is 23.7. The van der Waals surface area contributed by atoms with E-state index in [1.807, 2.05) is 19.2 Å². The summed E-state index contributed by atoms with van der Waals surface area (Å²) in [7, 11) is 1.84. The number of halogens is 1. The molecule has 0 spiro atoms. The number of rotatable bonds is 5. The molecule has 5 rings (SSSR count).